The van der Waals surface area contributed by atoms with Gasteiger partial charge in [0, 0.05) is 6.42 Å². The van der Waals surface area contributed by atoms with Crippen molar-refractivity contribution in [3.8, 4) is 5.75 Å². The van der Waals surface area contributed by atoms with E-state index in [4.69, 9.17) is 4.74 Å². The van der Waals surface area contributed by atoms with Gasteiger partial charge in [-0.3, -0.25) is 0 Å². The molecule has 3 aromatic rings. The fourth-order valence-corrected chi connectivity index (χ4v) is 3.55. The first-order chi connectivity index (χ1) is 12.0. The zero-order valence-electron chi connectivity index (χ0n) is 13.6. The van der Waals surface area contributed by atoms with Gasteiger partial charge in [0.2, 0.25) is 0 Å². The molecule has 0 spiro atoms. The van der Waals surface area contributed by atoms with Crippen molar-refractivity contribution in [3.63, 3.8) is 0 Å². The predicted molar refractivity (Wildman–Crippen MR) is 95.2 cm³/mol. The highest BCUT2D eigenvalue weighted by Gasteiger charge is 2.31. The molecule has 0 aliphatic heterocycles. The Hall–Kier alpha value is -2.05. The maximum atomic E-state index is 13.0. The number of ether oxygens (including phenoxy) is 1. The second-order valence-corrected chi connectivity index (χ2v) is 6.63. The number of hydrogen-bond donors (Lipinski definition) is 1. The van der Waals surface area contributed by atoms with Crippen molar-refractivity contribution in [3.05, 3.63) is 65.0 Å². The smallest absolute Gasteiger partial charge is 0.416 e. The second kappa shape index (κ2) is 7.45. The summed E-state index contributed by atoms with van der Waals surface area (Å²) in [7, 11) is 1.81. The van der Waals surface area contributed by atoms with Crippen molar-refractivity contribution >= 4 is 21.4 Å². The molecule has 0 radical (unpaired) electrons. The van der Waals surface area contributed by atoms with Crippen LogP contribution in [0.5, 0.6) is 5.75 Å². The normalized spacial score (nSPS) is 13.1. The molecule has 25 heavy (non-hydrogen) atoms. The van der Waals surface area contributed by atoms with E-state index in [9.17, 15) is 13.2 Å². The minimum atomic E-state index is -4.36. The maximum absolute atomic E-state index is 13.0. The molecule has 0 fully saturated rings. The van der Waals surface area contributed by atoms with E-state index in [-0.39, 0.29) is 0 Å². The van der Waals surface area contributed by atoms with Crippen LogP contribution in [0, 0.1) is 0 Å². The summed E-state index contributed by atoms with van der Waals surface area (Å²) in [5.74, 6) is 0.700. The van der Waals surface area contributed by atoms with E-state index in [1.165, 1.54) is 12.1 Å². The Morgan fingerprint density at radius 3 is 2.68 bits per heavy atom. The van der Waals surface area contributed by atoms with Crippen LogP contribution >= 0.6 is 11.3 Å². The lowest BCUT2D eigenvalue weighted by atomic mass is 10.0. The minimum Gasteiger partial charge on any atom is -0.484 e. The Labute approximate surface area is 148 Å². The number of alkyl halides is 3. The first-order valence-electron chi connectivity index (χ1n) is 7.93. The molecule has 3 rings (SSSR count). The van der Waals surface area contributed by atoms with Gasteiger partial charge < -0.3 is 10.1 Å². The third-order valence-corrected chi connectivity index (χ3v) is 4.90. The van der Waals surface area contributed by atoms with Crippen molar-refractivity contribution in [1.82, 2.24) is 5.32 Å². The second-order valence-electron chi connectivity index (χ2n) is 5.72. The van der Waals surface area contributed by atoms with Gasteiger partial charge in [0.1, 0.15) is 11.9 Å². The van der Waals surface area contributed by atoms with Crippen molar-refractivity contribution in [2.45, 2.75) is 18.7 Å². The van der Waals surface area contributed by atoms with Crippen LogP contribution in [0.1, 0.15) is 23.7 Å². The molecule has 0 bridgehead atoms. The molecule has 0 unspecified atom stereocenters. The zero-order chi connectivity index (χ0) is 17.9. The zero-order valence-corrected chi connectivity index (χ0v) is 14.5. The van der Waals surface area contributed by atoms with Crippen molar-refractivity contribution < 1.29 is 17.9 Å². The van der Waals surface area contributed by atoms with Gasteiger partial charge in [-0.25, -0.2) is 0 Å². The lowest BCUT2D eigenvalue weighted by Gasteiger charge is -2.21. The number of nitrogens with one attached hydrogen (secondary N) is 1. The van der Waals surface area contributed by atoms with Crippen LogP contribution in [0.3, 0.4) is 0 Å². The molecular weight excluding hydrogens is 347 g/mol. The molecule has 2 nitrogen and oxygen atoms in total. The summed E-state index contributed by atoms with van der Waals surface area (Å²) in [6.45, 7) is 0.640. The average molecular weight is 365 g/mol. The van der Waals surface area contributed by atoms with Gasteiger partial charge in [-0.15, -0.1) is 11.3 Å². The Morgan fingerprint density at radius 2 is 1.92 bits per heavy atom. The van der Waals surface area contributed by atoms with Crippen LogP contribution in [0.4, 0.5) is 13.2 Å². The quantitative estimate of drug-likeness (QED) is 0.609. The van der Waals surface area contributed by atoms with Crippen LogP contribution in [-0.2, 0) is 6.18 Å². The number of thiophene rings is 1. The third-order valence-electron chi connectivity index (χ3n) is 3.95. The van der Waals surface area contributed by atoms with E-state index in [2.05, 4.69) is 5.32 Å². The summed E-state index contributed by atoms with van der Waals surface area (Å²) in [5.41, 5.74) is -0.129. The summed E-state index contributed by atoms with van der Waals surface area (Å²) in [6, 6.07) is 13.1. The van der Waals surface area contributed by atoms with Crippen molar-refractivity contribution in [2.24, 2.45) is 0 Å². The fourth-order valence-electron chi connectivity index (χ4n) is 2.70. The monoisotopic (exact) mass is 365 g/mol. The minimum absolute atomic E-state index is 0.456. The number of rotatable bonds is 6. The van der Waals surface area contributed by atoms with Gasteiger partial charge >= 0.3 is 6.18 Å². The van der Waals surface area contributed by atoms with Gasteiger partial charge in [-0.1, -0.05) is 24.3 Å². The fraction of sp³-hybridized carbons (Fsp3) is 0.263. The summed E-state index contributed by atoms with van der Waals surface area (Å²) in [5, 5.41) is 6.08. The highest BCUT2D eigenvalue weighted by Crippen LogP contribution is 2.36. The molecule has 0 aliphatic rings. The number of hydrogen-bond acceptors (Lipinski definition) is 3. The Balaban J connectivity index is 1.94. The molecule has 0 saturated heterocycles. The van der Waals surface area contributed by atoms with Crippen molar-refractivity contribution in [1.29, 1.82) is 0 Å². The average Bonchev–Trinajstić information content (AvgIpc) is 3.07. The van der Waals surface area contributed by atoms with Crippen LogP contribution in [0.2, 0.25) is 0 Å². The van der Waals surface area contributed by atoms with Crippen LogP contribution in [0.15, 0.2) is 53.9 Å². The molecule has 0 aliphatic carbocycles. The van der Waals surface area contributed by atoms with Gasteiger partial charge in [0.05, 0.1) is 10.3 Å². The SMILES string of the molecule is CNCC[C@@H](Oc1cccc2ccsc12)c1cccc(C(F)(F)F)c1. The van der Waals surface area contributed by atoms with E-state index in [0.29, 0.717) is 24.3 Å². The van der Waals surface area contributed by atoms with E-state index in [1.807, 2.05) is 36.7 Å². The predicted octanol–water partition coefficient (Wildman–Crippen LogP) is 5.65. The molecule has 0 saturated carbocycles. The van der Waals surface area contributed by atoms with E-state index in [0.717, 1.165) is 16.2 Å². The van der Waals surface area contributed by atoms with E-state index >= 15 is 0 Å². The van der Waals surface area contributed by atoms with Gasteiger partial charge in [0.15, 0.2) is 0 Å². The maximum Gasteiger partial charge on any atom is 0.416 e. The molecular formula is C19H18F3NOS. The molecule has 6 heteroatoms. The number of fused-ring (bicyclic) bond motifs is 1. The lowest BCUT2D eigenvalue weighted by Crippen LogP contribution is -2.17. The van der Waals surface area contributed by atoms with E-state index in [1.54, 1.807) is 17.4 Å². The van der Waals surface area contributed by atoms with Gasteiger partial charge in [-0.05, 0) is 54.2 Å². The van der Waals surface area contributed by atoms with E-state index < -0.39 is 17.8 Å². The van der Waals surface area contributed by atoms with Crippen LogP contribution in [-0.4, -0.2) is 13.6 Å². The van der Waals surface area contributed by atoms with Crippen LogP contribution < -0.4 is 10.1 Å². The Kier molecular flexibility index (Phi) is 5.30. The third kappa shape index (κ3) is 4.14. The number of halogens is 3. The molecule has 1 N–H and O–H groups in total. The Bertz CT molecular complexity index is 844. The molecule has 1 atom stereocenters. The number of benzene rings is 2. The van der Waals surface area contributed by atoms with Crippen molar-refractivity contribution in [2.75, 3.05) is 13.6 Å². The molecule has 0 amide bonds. The summed E-state index contributed by atoms with van der Waals surface area (Å²) in [4.78, 5) is 0. The molecule has 132 valence electrons. The molecule has 1 heterocycles. The standard InChI is InChI=1S/C19H18F3NOS/c1-23-10-8-16(14-5-2-6-15(12-14)19(20,21)22)24-17-7-3-4-13-9-11-25-18(13)17/h2-7,9,11-12,16,23H,8,10H2,1H3/t16-/m1/s1. The van der Waals surface area contributed by atoms with Gasteiger partial charge in [0.25, 0.3) is 0 Å². The summed E-state index contributed by atoms with van der Waals surface area (Å²) >= 11 is 1.56. The van der Waals surface area contributed by atoms with Gasteiger partial charge in [-0.2, -0.15) is 13.2 Å². The summed E-state index contributed by atoms with van der Waals surface area (Å²) < 4.78 is 46.2. The lowest BCUT2D eigenvalue weighted by molar-refractivity contribution is -0.137. The Morgan fingerprint density at radius 1 is 1.12 bits per heavy atom. The first kappa shape index (κ1) is 17.8. The topological polar surface area (TPSA) is 21.3 Å². The van der Waals surface area contributed by atoms with Crippen LogP contribution in [0.25, 0.3) is 10.1 Å². The largest absolute Gasteiger partial charge is 0.484 e. The highest BCUT2D eigenvalue weighted by atomic mass is 32.1. The molecule has 1 aromatic heterocycles. The highest BCUT2D eigenvalue weighted by molar-refractivity contribution is 7.17. The first-order valence-corrected chi connectivity index (χ1v) is 8.81. The molecule has 2 aromatic carbocycles. The summed E-state index contributed by atoms with van der Waals surface area (Å²) in [6.07, 6.45) is -4.25.